The van der Waals surface area contributed by atoms with Gasteiger partial charge in [0, 0.05) is 12.1 Å². The van der Waals surface area contributed by atoms with Crippen LogP contribution in [0.5, 0.6) is 0 Å². The van der Waals surface area contributed by atoms with E-state index in [1.807, 2.05) is 0 Å². The molecule has 2 rings (SSSR count). The van der Waals surface area contributed by atoms with Gasteiger partial charge in [0.15, 0.2) is 11.0 Å². The summed E-state index contributed by atoms with van der Waals surface area (Å²) in [6.07, 6.45) is 0.453. The zero-order valence-electron chi connectivity index (χ0n) is 15.6. The molecule has 1 unspecified atom stereocenters. The Balaban J connectivity index is 2.23. The minimum atomic E-state index is -1.14. The Labute approximate surface area is 167 Å². The lowest BCUT2D eigenvalue weighted by atomic mass is 10.1. The third kappa shape index (κ3) is 6.31. The predicted octanol–water partition coefficient (Wildman–Crippen LogP) is 1.06. The molecule has 2 aromatic rings. The van der Waals surface area contributed by atoms with Crippen LogP contribution in [-0.2, 0) is 4.79 Å². The van der Waals surface area contributed by atoms with Crippen molar-refractivity contribution >= 4 is 23.5 Å². The van der Waals surface area contributed by atoms with E-state index in [9.17, 15) is 19.7 Å². The minimum absolute atomic E-state index is 0.0886. The molecule has 2 aromatic carbocycles. The Kier molecular flexibility index (Phi) is 7.66. The number of carbonyl (C=O) groups excluding carboxylic acids is 2. The van der Waals surface area contributed by atoms with Crippen molar-refractivity contribution < 1.29 is 14.6 Å². The van der Waals surface area contributed by atoms with Gasteiger partial charge in [-0.25, -0.2) is 10.1 Å². The fourth-order valence-corrected chi connectivity index (χ4v) is 2.61. The molecule has 1 atom stereocenters. The molecular weight excluding hydrogens is 376 g/mol. The van der Waals surface area contributed by atoms with Crippen LogP contribution in [0.1, 0.15) is 23.2 Å². The van der Waals surface area contributed by atoms with Crippen molar-refractivity contribution in [3.8, 4) is 0 Å². The first kappa shape index (κ1) is 21.4. The van der Waals surface area contributed by atoms with Crippen molar-refractivity contribution in [1.29, 1.82) is 0 Å². The standard InChI is InChI=1S/C19H22N6O4/c20-19(21)22-13-7-12-16(23-17(26)14-8-3-1-4-9-14)18(27)24(25(28)29)15-10-5-2-6-11-15/h1-6,8-11,16H,7,12-13H2,(H,23,26)(H4,20,21,22). The molecule has 10 nitrogen and oxygen atoms in total. The summed E-state index contributed by atoms with van der Waals surface area (Å²) in [6.45, 7) is 0.219. The summed E-state index contributed by atoms with van der Waals surface area (Å²) >= 11 is 0. The van der Waals surface area contributed by atoms with Crippen LogP contribution in [0.2, 0.25) is 0 Å². The van der Waals surface area contributed by atoms with E-state index in [0.717, 1.165) is 0 Å². The van der Waals surface area contributed by atoms with Crippen LogP contribution in [0.15, 0.2) is 65.7 Å². The van der Waals surface area contributed by atoms with Gasteiger partial charge in [0.1, 0.15) is 11.7 Å². The summed E-state index contributed by atoms with van der Waals surface area (Å²) in [5.41, 5.74) is 11.0. The summed E-state index contributed by atoms with van der Waals surface area (Å²) < 4.78 is 0. The van der Waals surface area contributed by atoms with E-state index in [2.05, 4.69) is 10.3 Å². The van der Waals surface area contributed by atoms with Crippen molar-refractivity contribution in [2.24, 2.45) is 16.5 Å². The lowest BCUT2D eigenvalue weighted by Crippen LogP contribution is -2.51. The lowest BCUT2D eigenvalue weighted by molar-refractivity contribution is -0.484. The number of nitrogens with zero attached hydrogens (tertiary/aromatic N) is 3. The van der Waals surface area contributed by atoms with E-state index in [0.29, 0.717) is 17.0 Å². The van der Waals surface area contributed by atoms with Crippen molar-refractivity contribution in [2.75, 3.05) is 11.6 Å². The van der Waals surface area contributed by atoms with Gasteiger partial charge < -0.3 is 16.8 Å². The van der Waals surface area contributed by atoms with Crippen LogP contribution in [-0.4, -0.2) is 35.4 Å². The average molecular weight is 398 g/mol. The Morgan fingerprint density at radius 2 is 1.66 bits per heavy atom. The number of amides is 2. The number of nitrogens with two attached hydrogens (primary N) is 2. The van der Waals surface area contributed by atoms with E-state index < -0.39 is 22.9 Å². The van der Waals surface area contributed by atoms with Crippen LogP contribution in [0, 0.1) is 10.1 Å². The fraction of sp³-hybridized carbons (Fsp3) is 0.211. The molecule has 0 bridgehead atoms. The van der Waals surface area contributed by atoms with E-state index in [1.54, 1.807) is 48.5 Å². The second-order valence-corrected chi connectivity index (χ2v) is 6.06. The number of nitrogens with one attached hydrogen (secondary N) is 1. The summed E-state index contributed by atoms with van der Waals surface area (Å²) in [7, 11) is 0. The molecule has 5 N–H and O–H groups in total. The van der Waals surface area contributed by atoms with Gasteiger partial charge in [0.05, 0.1) is 0 Å². The molecule has 0 aliphatic carbocycles. The van der Waals surface area contributed by atoms with Crippen molar-refractivity contribution in [3.63, 3.8) is 0 Å². The van der Waals surface area contributed by atoms with Gasteiger partial charge in [-0.3, -0.25) is 14.6 Å². The van der Waals surface area contributed by atoms with Gasteiger partial charge in [-0.05, 0) is 42.1 Å². The number of guanidine groups is 1. The smallest absolute Gasteiger partial charge is 0.311 e. The zero-order valence-corrected chi connectivity index (χ0v) is 15.6. The van der Waals surface area contributed by atoms with Crippen molar-refractivity contribution in [1.82, 2.24) is 5.32 Å². The van der Waals surface area contributed by atoms with Crippen LogP contribution < -0.4 is 21.8 Å². The number of hydrogen-bond donors (Lipinski definition) is 3. The van der Waals surface area contributed by atoms with Crippen LogP contribution in [0.3, 0.4) is 0 Å². The van der Waals surface area contributed by atoms with Gasteiger partial charge in [0.25, 0.3) is 5.91 Å². The first-order chi connectivity index (χ1) is 13.9. The zero-order chi connectivity index (χ0) is 21.2. The quantitative estimate of drug-likeness (QED) is 0.188. The second-order valence-electron chi connectivity index (χ2n) is 6.06. The highest BCUT2D eigenvalue weighted by Gasteiger charge is 2.34. The number of nitro groups is 1. The van der Waals surface area contributed by atoms with Gasteiger partial charge in [0.2, 0.25) is 0 Å². The molecule has 0 radical (unpaired) electrons. The number of hydrazine groups is 1. The summed E-state index contributed by atoms with van der Waals surface area (Å²) in [5, 5.41) is 13.8. The Hall–Kier alpha value is -3.95. The lowest BCUT2D eigenvalue weighted by Gasteiger charge is -2.21. The van der Waals surface area contributed by atoms with E-state index >= 15 is 0 Å². The topological polar surface area (TPSA) is 157 Å². The molecule has 0 fully saturated rings. The van der Waals surface area contributed by atoms with Gasteiger partial charge in [-0.1, -0.05) is 36.4 Å². The maximum atomic E-state index is 13.0. The molecule has 29 heavy (non-hydrogen) atoms. The molecule has 152 valence electrons. The minimum Gasteiger partial charge on any atom is -0.370 e. The molecule has 0 aliphatic heterocycles. The number of anilines is 1. The molecule has 0 saturated heterocycles. The number of hydrogen-bond acceptors (Lipinski definition) is 5. The first-order valence-corrected chi connectivity index (χ1v) is 8.84. The highest BCUT2D eigenvalue weighted by Crippen LogP contribution is 2.16. The third-order valence-electron chi connectivity index (χ3n) is 3.96. The number of benzene rings is 2. The van der Waals surface area contributed by atoms with Crippen molar-refractivity contribution in [3.05, 3.63) is 76.3 Å². The maximum absolute atomic E-state index is 13.0. The summed E-state index contributed by atoms with van der Waals surface area (Å²) in [5.74, 6) is -1.48. The Bertz CT molecular complexity index is 869. The molecule has 0 aliphatic rings. The Morgan fingerprint density at radius 1 is 1.07 bits per heavy atom. The third-order valence-corrected chi connectivity index (χ3v) is 3.96. The molecule has 10 heteroatoms. The molecule has 0 spiro atoms. The molecule has 2 amide bonds. The SMILES string of the molecule is NC(N)=NCCCC(NC(=O)c1ccccc1)C(=O)N(c1ccccc1)[N+](=O)[O-]. The molecular formula is C19H22N6O4. The fourth-order valence-electron chi connectivity index (χ4n) is 2.61. The highest BCUT2D eigenvalue weighted by molar-refractivity contribution is 6.01. The summed E-state index contributed by atoms with van der Waals surface area (Å²) in [4.78, 5) is 40.9. The first-order valence-electron chi connectivity index (χ1n) is 8.84. The van der Waals surface area contributed by atoms with Crippen LogP contribution >= 0.6 is 0 Å². The van der Waals surface area contributed by atoms with E-state index in [-0.39, 0.29) is 24.6 Å². The maximum Gasteiger partial charge on any atom is 0.311 e. The predicted molar refractivity (Wildman–Crippen MR) is 109 cm³/mol. The molecule has 0 saturated carbocycles. The molecule has 0 aromatic heterocycles. The normalized spacial score (nSPS) is 11.2. The van der Waals surface area contributed by atoms with E-state index in [4.69, 9.17) is 11.5 Å². The van der Waals surface area contributed by atoms with E-state index in [1.165, 1.54) is 12.1 Å². The van der Waals surface area contributed by atoms with Gasteiger partial charge >= 0.3 is 5.91 Å². The largest absolute Gasteiger partial charge is 0.370 e. The number of aliphatic imine (C=N–C) groups is 1. The van der Waals surface area contributed by atoms with Crippen molar-refractivity contribution in [2.45, 2.75) is 18.9 Å². The Morgan fingerprint density at radius 3 is 2.21 bits per heavy atom. The average Bonchev–Trinajstić information content (AvgIpc) is 2.71. The van der Waals surface area contributed by atoms with Gasteiger partial charge in [-0.15, -0.1) is 0 Å². The van der Waals surface area contributed by atoms with Crippen LogP contribution in [0.25, 0.3) is 0 Å². The highest BCUT2D eigenvalue weighted by atomic mass is 16.7. The second kappa shape index (κ2) is 10.4. The summed E-state index contributed by atoms with van der Waals surface area (Å²) in [6, 6.07) is 14.8. The number of carbonyl (C=O) groups is 2. The monoisotopic (exact) mass is 398 g/mol. The number of para-hydroxylation sites is 1. The van der Waals surface area contributed by atoms with Gasteiger partial charge in [-0.2, -0.15) is 0 Å². The number of rotatable bonds is 9. The van der Waals surface area contributed by atoms with Crippen LogP contribution in [0.4, 0.5) is 5.69 Å². The molecule has 0 heterocycles.